The normalized spacial score (nSPS) is 20.9. The maximum Gasteiger partial charge on any atom is 0.153 e. The fourth-order valence-electron chi connectivity index (χ4n) is 2.82. The van der Waals surface area contributed by atoms with Crippen molar-refractivity contribution in [1.29, 1.82) is 0 Å². The van der Waals surface area contributed by atoms with Crippen molar-refractivity contribution in [1.82, 2.24) is 9.55 Å². The van der Waals surface area contributed by atoms with Gasteiger partial charge in [-0.3, -0.25) is 0 Å². The zero-order valence-corrected chi connectivity index (χ0v) is 13.4. The molecule has 0 bridgehead atoms. The lowest BCUT2D eigenvalue weighted by Gasteiger charge is -2.23. The number of aromatic nitrogens is 2. The van der Waals surface area contributed by atoms with E-state index in [4.69, 9.17) is 11.6 Å². The first kappa shape index (κ1) is 15.1. The Morgan fingerprint density at radius 3 is 2.90 bits per heavy atom. The molecule has 1 aromatic heterocycles. The van der Waals surface area contributed by atoms with Crippen molar-refractivity contribution in [3.8, 4) is 0 Å². The Balaban J connectivity index is 2.06. The molecule has 0 amide bonds. The highest BCUT2D eigenvalue weighted by atomic mass is 35.5. The standard InChI is InChI=1S/C15H17ClF2N2S/c1-9(16)15-19-14-12(18)6-10(17)7-13(14)20(15)8-11-4-2-3-5-21-11/h6-7,9,11H,2-5,8H2,1H3. The third kappa shape index (κ3) is 3.04. The van der Waals surface area contributed by atoms with Crippen molar-refractivity contribution < 1.29 is 8.78 Å². The molecule has 2 nitrogen and oxygen atoms in total. The molecule has 1 aromatic carbocycles. The molecule has 114 valence electrons. The lowest BCUT2D eigenvalue weighted by Crippen LogP contribution is -2.18. The van der Waals surface area contributed by atoms with Crippen LogP contribution in [0.2, 0.25) is 0 Å². The van der Waals surface area contributed by atoms with E-state index in [1.54, 1.807) is 0 Å². The lowest BCUT2D eigenvalue weighted by atomic mass is 10.2. The number of alkyl halides is 1. The van der Waals surface area contributed by atoms with Crippen LogP contribution in [0.5, 0.6) is 0 Å². The number of fused-ring (bicyclic) bond motifs is 1. The number of nitrogens with zero attached hydrogens (tertiary/aromatic N) is 2. The van der Waals surface area contributed by atoms with E-state index in [0.717, 1.165) is 18.2 Å². The predicted octanol–water partition coefficient (Wildman–Crippen LogP) is 4.90. The van der Waals surface area contributed by atoms with Gasteiger partial charge in [0, 0.05) is 17.9 Å². The molecule has 1 aliphatic rings. The van der Waals surface area contributed by atoms with Gasteiger partial charge < -0.3 is 4.57 Å². The van der Waals surface area contributed by atoms with Crippen LogP contribution in [0.4, 0.5) is 8.78 Å². The number of hydrogen-bond donors (Lipinski definition) is 0. The van der Waals surface area contributed by atoms with Crippen molar-refractivity contribution in [3.63, 3.8) is 0 Å². The van der Waals surface area contributed by atoms with Gasteiger partial charge in [0.15, 0.2) is 5.82 Å². The first-order valence-electron chi connectivity index (χ1n) is 7.17. The maximum absolute atomic E-state index is 13.9. The van der Waals surface area contributed by atoms with Crippen molar-refractivity contribution in [2.75, 3.05) is 5.75 Å². The van der Waals surface area contributed by atoms with Gasteiger partial charge in [-0.2, -0.15) is 11.8 Å². The van der Waals surface area contributed by atoms with E-state index in [1.807, 2.05) is 23.3 Å². The fourth-order valence-corrected chi connectivity index (χ4v) is 4.28. The Hall–Kier alpha value is -0.810. The number of halogens is 3. The molecule has 2 heterocycles. The number of rotatable bonds is 3. The van der Waals surface area contributed by atoms with Crippen LogP contribution in [0.25, 0.3) is 11.0 Å². The smallest absolute Gasteiger partial charge is 0.153 e. The van der Waals surface area contributed by atoms with Gasteiger partial charge in [-0.05, 0) is 31.6 Å². The van der Waals surface area contributed by atoms with E-state index >= 15 is 0 Å². The van der Waals surface area contributed by atoms with Gasteiger partial charge in [-0.25, -0.2) is 13.8 Å². The molecule has 0 saturated carbocycles. The molecule has 0 N–H and O–H groups in total. The first-order valence-corrected chi connectivity index (χ1v) is 8.65. The molecular weight excluding hydrogens is 314 g/mol. The monoisotopic (exact) mass is 330 g/mol. The molecule has 2 aromatic rings. The molecule has 2 unspecified atom stereocenters. The van der Waals surface area contributed by atoms with Gasteiger partial charge in [0.2, 0.25) is 0 Å². The molecule has 0 aliphatic carbocycles. The molecule has 3 rings (SSSR count). The van der Waals surface area contributed by atoms with Gasteiger partial charge >= 0.3 is 0 Å². The zero-order chi connectivity index (χ0) is 15.0. The van der Waals surface area contributed by atoms with E-state index in [0.29, 0.717) is 23.1 Å². The van der Waals surface area contributed by atoms with Crippen molar-refractivity contribution in [2.45, 2.75) is 43.4 Å². The van der Waals surface area contributed by atoms with E-state index < -0.39 is 11.6 Å². The molecule has 1 fully saturated rings. The lowest BCUT2D eigenvalue weighted by molar-refractivity contribution is 0.572. The minimum absolute atomic E-state index is 0.208. The number of thioether (sulfide) groups is 1. The summed E-state index contributed by atoms with van der Waals surface area (Å²) in [7, 11) is 0. The molecular formula is C15H17ClF2N2S. The minimum atomic E-state index is -0.626. The van der Waals surface area contributed by atoms with Crippen LogP contribution >= 0.6 is 23.4 Å². The van der Waals surface area contributed by atoms with Crippen LogP contribution in [0.15, 0.2) is 12.1 Å². The van der Waals surface area contributed by atoms with Gasteiger partial charge in [0.1, 0.15) is 17.2 Å². The SMILES string of the molecule is CC(Cl)c1nc2c(F)cc(F)cc2n1CC1CCCCS1. The minimum Gasteiger partial charge on any atom is -0.325 e. The summed E-state index contributed by atoms with van der Waals surface area (Å²) in [6, 6.07) is 2.22. The summed E-state index contributed by atoms with van der Waals surface area (Å²) < 4.78 is 29.4. The van der Waals surface area contributed by atoms with Crippen molar-refractivity contribution in [2.24, 2.45) is 0 Å². The van der Waals surface area contributed by atoms with E-state index in [1.165, 1.54) is 18.9 Å². The van der Waals surface area contributed by atoms with Crippen LogP contribution in [0.1, 0.15) is 37.4 Å². The van der Waals surface area contributed by atoms with E-state index in [9.17, 15) is 8.78 Å². The summed E-state index contributed by atoms with van der Waals surface area (Å²) in [5, 5.41) is 0.116. The summed E-state index contributed by atoms with van der Waals surface area (Å²) in [5.74, 6) is 0.554. The largest absolute Gasteiger partial charge is 0.325 e. The molecule has 21 heavy (non-hydrogen) atoms. The molecule has 6 heteroatoms. The number of imidazole rings is 1. The Kier molecular flexibility index (Phi) is 4.41. The summed E-state index contributed by atoms with van der Waals surface area (Å²) in [6.07, 6.45) is 3.57. The average Bonchev–Trinajstić information content (AvgIpc) is 2.79. The maximum atomic E-state index is 13.9. The van der Waals surface area contributed by atoms with Crippen molar-refractivity contribution in [3.05, 3.63) is 29.6 Å². The topological polar surface area (TPSA) is 17.8 Å². The Labute approximate surface area is 131 Å². The van der Waals surface area contributed by atoms with E-state index in [2.05, 4.69) is 4.98 Å². The van der Waals surface area contributed by atoms with Crippen LogP contribution in [-0.4, -0.2) is 20.6 Å². The molecule has 0 spiro atoms. The highest BCUT2D eigenvalue weighted by Gasteiger charge is 2.22. The van der Waals surface area contributed by atoms with Crippen LogP contribution in [0, 0.1) is 11.6 Å². The zero-order valence-electron chi connectivity index (χ0n) is 11.8. The van der Waals surface area contributed by atoms with Gasteiger partial charge in [-0.1, -0.05) is 6.42 Å². The Morgan fingerprint density at radius 2 is 2.24 bits per heavy atom. The second kappa shape index (κ2) is 6.13. The highest BCUT2D eigenvalue weighted by molar-refractivity contribution is 7.99. The van der Waals surface area contributed by atoms with Crippen LogP contribution in [0.3, 0.4) is 0 Å². The van der Waals surface area contributed by atoms with Crippen LogP contribution < -0.4 is 0 Å². The summed E-state index contributed by atoms with van der Waals surface area (Å²) in [5.41, 5.74) is 0.709. The summed E-state index contributed by atoms with van der Waals surface area (Å²) in [6.45, 7) is 2.51. The van der Waals surface area contributed by atoms with Gasteiger partial charge in [0.25, 0.3) is 0 Å². The molecule has 2 atom stereocenters. The Morgan fingerprint density at radius 1 is 1.43 bits per heavy atom. The third-order valence-corrected chi connectivity index (χ3v) is 5.39. The summed E-state index contributed by atoms with van der Waals surface area (Å²) in [4.78, 5) is 4.30. The quantitative estimate of drug-likeness (QED) is 0.745. The third-order valence-electron chi connectivity index (χ3n) is 3.82. The van der Waals surface area contributed by atoms with Gasteiger partial charge in [-0.15, -0.1) is 11.6 Å². The number of benzene rings is 1. The van der Waals surface area contributed by atoms with E-state index in [-0.39, 0.29) is 10.9 Å². The number of hydrogen-bond acceptors (Lipinski definition) is 2. The molecule has 0 radical (unpaired) electrons. The first-order chi connectivity index (χ1) is 10.1. The average molecular weight is 331 g/mol. The van der Waals surface area contributed by atoms with Crippen molar-refractivity contribution >= 4 is 34.4 Å². The van der Waals surface area contributed by atoms with Crippen LogP contribution in [-0.2, 0) is 6.54 Å². The highest BCUT2D eigenvalue weighted by Crippen LogP contribution is 2.31. The summed E-state index contributed by atoms with van der Waals surface area (Å²) >= 11 is 8.10. The van der Waals surface area contributed by atoms with Gasteiger partial charge in [0.05, 0.1) is 10.9 Å². The molecule has 1 saturated heterocycles. The molecule has 1 aliphatic heterocycles. The Bertz CT molecular complexity index is 651. The second-order valence-electron chi connectivity index (χ2n) is 5.44. The predicted molar refractivity (Wildman–Crippen MR) is 84.0 cm³/mol. The fraction of sp³-hybridized carbons (Fsp3) is 0.533. The second-order valence-corrected chi connectivity index (χ2v) is 7.50.